The van der Waals surface area contributed by atoms with E-state index in [9.17, 15) is 8.78 Å². The average molecular weight is 586 g/mol. The van der Waals surface area contributed by atoms with E-state index in [2.05, 4.69) is 46.6 Å². The van der Waals surface area contributed by atoms with Gasteiger partial charge in [0.05, 0.1) is 17.9 Å². The number of aromatic nitrogens is 2. The summed E-state index contributed by atoms with van der Waals surface area (Å²) >= 11 is 0. The van der Waals surface area contributed by atoms with Crippen molar-refractivity contribution in [1.29, 1.82) is 0 Å². The number of hydrogen-bond acceptors (Lipinski definition) is 5. The summed E-state index contributed by atoms with van der Waals surface area (Å²) in [5.74, 6) is -2.41. The molecule has 0 radical (unpaired) electrons. The second kappa shape index (κ2) is 15.0. The van der Waals surface area contributed by atoms with E-state index < -0.39 is 11.7 Å². The van der Waals surface area contributed by atoms with Crippen LogP contribution in [0.4, 0.5) is 24.7 Å². The van der Waals surface area contributed by atoms with Gasteiger partial charge in [-0.05, 0) is 66.5 Å². The lowest BCUT2D eigenvalue weighted by molar-refractivity contribution is 0.0131. The fraction of sp³-hybridized carbons (Fsp3) is 0.257. The van der Waals surface area contributed by atoms with Gasteiger partial charge in [-0.1, -0.05) is 37.5 Å². The van der Waals surface area contributed by atoms with Crippen molar-refractivity contribution in [2.24, 2.45) is 0 Å². The Kier molecular flexibility index (Phi) is 11.5. The molecular formula is C35H38F3N5. The van der Waals surface area contributed by atoms with Crippen LogP contribution >= 0.6 is 0 Å². The third-order valence-corrected chi connectivity index (χ3v) is 7.17. The predicted octanol–water partition coefficient (Wildman–Crippen LogP) is 7.91. The number of halogens is 3. The second-order valence-electron chi connectivity index (χ2n) is 10.2. The minimum atomic E-state index is -2.67. The first-order valence-electron chi connectivity index (χ1n) is 13.9. The fourth-order valence-electron chi connectivity index (χ4n) is 5.05. The van der Waals surface area contributed by atoms with Crippen LogP contribution in [-0.2, 0) is 6.42 Å². The first kappa shape index (κ1) is 32.9. The smallest absolute Gasteiger partial charge is 0.261 e. The lowest BCUT2D eigenvalue weighted by atomic mass is 9.97. The molecule has 0 bridgehead atoms. The van der Waals surface area contributed by atoms with Crippen LogP contribution in [0.3, 0.4) is 0 Å². The molecule has 5 nitrogen and oxygen atoms in total. The van der Waals surface area contributed by atoms with Crippen molar-refractivity contribution in [2.45, 2.75) is 32.6 Å². The molecule has 8 heteroatoms. The van der Waals surface area contributed by atoms with Crippen LogP contribution in [-0.4, -0.2) is 47.5 Å². The molecule has 0 amide bonds. The van der Waals surface area contributed by atoms with Gasteiger partial charge in [-0.2, -0.15) is 0 Å². The van der Waals surface area contributed by atoms with Crippen LogP contribution in [0.15, 0.2) is 91.4 Å². The van der Waals surface area contributed by atoms with Gasteiger partial charge in [0, 0.05) is 62.2 Å². The van der Waals surface area contributed by atoms with Gasteiger partial charge >= 0.3 is 0 Å². The normalized spacial score (nSPS) is 14.9. The maximum Gasteiger partial charge on any atom is 0.261 e. The topological polar surface area (TPSA) is 53.1 Å². The molecule has 0 spiro atoms. The molecular weight excluding hydrogens is 547 g/mol. The Morgan fingerprint density at radius 2 is 1.93 bits per heavy atom. The highest BCUT2D eigenvalue weighted by atomic mass is 19.3. The van der Waals surface area contributed by atoms with Crippen molar-refractivity contribution in [1.82, 2.24) is 14.9 Å². The van der Waals surface area contributed by atoms with Crippen LogP contribution in [0, 0.1) is 25.6 Å². The van der Waals surface area contributed by atoms with Gasteiger partial charge in [0.2, 0.25) is 0 Å². The summed E-state index contributed by atoms with van der Waals surface area (Å²) in [4.78, 5) is 10.7. The summed E-state index contributed by atoms with van der Waals surface area (Å²) in [6, 6.07) is 11.1. The number of pyridine rings is 2. The van der Waals surface area contributed by atoms with E-state index >= 15 is 4.39 Å². The number of hydrogen-bond donors (Lipinski definition) is 2. The van der Waals surface area contributed by atoms with Gasteiger partial charge in [-0.3, -0.25) is 9.88 Å². The monoisotopic (exact) mass is 585 g/mol. The molecule has 43 heavy (non-hydrogen) atoms. The quantitative estimate of drug-likeness (QED) is 0.177. The minimum absolute atomic E-state index is 0.144. The van der Waals surface area contributed by atoms with Crippen LogP contribution in [0.5, 0.6) is 0 Å². The van der Waals surface area contributed by atoms with Gasteiger partial charge in [-0.25, -0.2) is 18.2 Å². The molecule has 0 unspecified atom stereocenters. The van der Waals surface area contributed by atoms with E-state index in [1.807, 2.05) is 56.3 Å². The summed E-state index contributed by atoms with van der Waals surface area (Å²) in [5, 5.41) is 6.27. The third kappa shape index (κ3) is 8.46. The third-order valence-electron chi connectivity index (χ3n) is 7.17. The molecule has 4 rings (SSSR count). The van der Waals surface area contributed by atoms with Gasteiger partial charge in [0.1, 0.15) is 11.6 Å². The van der Waals surface area contributed by atoms with Crippen molar-refractivity contribution in [2.75, 3.05) is 37.3 Å². The molecule has 1 aliphatic rings. The van der Waals surface area contributed by atoms with Crippen LogP contribution < -0.4 is 10.6 Å². The molecule has 2 aromatic heterocycles. The van der Waals surface area contributed by atoms with E-state index in [1.54, 1.807) is 30.4 Å². The maximum absolute atomic E-state index is 15.3. The predicted molar refractivity (Wildman–Crippen MR) is 172 cm³/mol. The molecule has 0 saturated carbocycles. The van der Waals surface area contributed by atoms with E-state index in [1.165, 1.54) is 6.07 Å². The van der Waals surface area contributed by atoms with E-state index in [0.29, 0.717) is 47.8 Å². The first-order valence-corrected chi connectivity index (χ1v) is 13.9. The maximum atomic E-state index is 15.3. The average Bonchev–Trinajstić information content (AvgIpc) is 3.35. The highest BCUT2D eigenvalue weighted by Gasteiger charge is 2.37. The molecule has 1 fully saturated rings. The molecule has 1 aliphatic heterocycles. The van der Waals surface area contributed by atoms with Gasteiger partial charge < -0.3 is 10.6 Å². The zero-order valence-electron chi connectivity index (χ0n) is 24.9. The molecule has 224 valence electrons. The van der Waals surface area contributed by atoms with Gasteiger partial charge in [0.25, 0.3) is 5.92 Å². The molecule has 0 atom stereocenters. The fourth-order valence-corrected chi connectivity index (χ4v) is 5.05. The second-order valence-corrected chi connectivity index (χ2v) is 10.2. The summed E-state index contributed by atoms with van der Waals surface area (Å²) in [7, 11) is 1.68. The zero-order chi connectivity index (χ0) is 31.6. The minimum Gasteiger partial charge on any atom is -0.386 e. The number of terminal acetylenes is 1. The SMILES string of the molecule is C#C.C=C/C(=C\C(=C/C)c1cc(F)c(NC)c(CC(=C)Nc2nccc(-c3ccccn3)c2C)c1)CN1CCC(F)(F)C1. The number of rotatable bonds is 11. The zero-order valence-corrected chi connectivity index (χ0v) is 24.9. The largest absolute Gasteiger partial charge is 0.386 e. The summed E-state index contributed by atoms with van der Waals surface area (Å²) in [5.41, 5.74) is 6.70. The summed E-state index contributed by atoms with van der Waals surface area (Å²) in [6.07, 6.45) is 17.1. The van der Waals surface area contributed by atoms with Crippen LogP contribution in [0.25, 0.3) is 16.8 Å². The van der Waals surface area contributed by atoms with Crippen molar-refractivity contribution in [3.8, 4) is 24.1 Å². The van der Waals surface area contributed by atoms with Crippen LogP contribution in [0.1, 0.15) is 30.0 Å². The van der Waals surface area contributed by atoms with Crippen LogP contribution in [0.2, 0.25) is 0 Å². The highest BCUT2D eigenvalue weighted by molar-refractivity contribution is 5.77. The highest BCUT2D eigenvalue weighted by Crippen LogP contribution is 2.31. The van der Waals surface area contributed by atoms with Crippen molar-refractivity contribution >= 4 is 17.1 Å². The number of likely N-dealkylation sites (tertiary alicyclic amines) is 1. The van der Waals surface area contributed by atoms with E-state index in [0.717, 1.165) is 28.0 Å². The number of nitrogens with one attached hydrogen (secondary N) is 2. The Morgan fingerprint density at radius 3 is 2.53 bits per heavy atom. The number of nitrogens with zero attached hydrogens (tertiary/aromatic N) is 3. The molecule has 1 aromatic carbocycles. The van der Waals surface area contributed by atoms with Gasteiger partial charge in [-0.15, -0.1) is 12.8 Å². The molecule has 2 N–H and O–H groups in total. The Bertz CT molecular complexity index is 1520. The van der Waals surface area contributed by atoms with Crippen molar-refractivity contribution in [3.05, 3.63) is 114 Å². The Balaban J connectivity index is 0.00000248. The number of benzene rings is 1. The summed E-state index contributed by atoms with van der Waals surface area (Å²) < 4.78 is 42.7. The first-order chi connectivity index (χ1) is 20.6. The lowest BCUT2D eigenvalue weighted by Gasteiger charge is -2.18. The lowest BCUT2D eigenvalue weighted by Crippen LogP contribution is -2.26. The molecule has 3 heterocycles. The summed E-state index contributed by atoms with van der Waals surface area (Å²) in [6.45, 7) is 12.3. The number of alkyl halides is 2. The van der Waals surface area contributed by atoms with Crippen molar-refractivity contribution in [3.63, 3.8) is 0 Å². The standard InChI is InChI=1S/C33H36F3N5.C2H2/c1-6-24(20-41-15-12-33(35,36)21-41)17-25(7-2)26-18-27(31(37-5)29(34)19-26)16-22(3)40-32-23(4)28(11-14-39-32)30-10-8-9-13-38-30;1-2/h6-11,13-14,17-19,37H,1,3,12,15-16,20-21H2,2,4-5H3,(H,39,40);1-2H/b24-17+,25-7+;. The Morgan fingerprint density at radius 1 is 1.16 bits per heavy atom. The van der Waals surface area contributed by atoms with E-state index in [-0.39, 0.29) is 13.0 Å². The number of allylic oxidation sites excluding steroid dienone is 4. The van der Waals surface area contributed by atoms with E-state index in [4.69, 9.17) is 0 Å². The molecule has 1 saturated heterocycles. The van der Waals surface area contributed by atoms with Crippen molar-refractivity contribution < 1.29 is 13.2 Å². The number of anilines is 2. The Hall–Kier alpha value is -4.61. The molecule has 0 aliphatic carbocycles. The van der Waals surface area contributed by atoms with Gasteiger partial charge in [0.15, 0.2) is 0 Å². The molecule has 3 aromatic rings. The Labute approximate surface area is 253 Å².